The number of rotatable bonds is 6. The number of ether oxygens (including phenoxy) is 1. The normalized spacial score (nSPS) is 11.2. The number of nitrogens with zero attached hydrogens (tertiary/aromatic N) is 2. The summed E-state index contributed by atoms with van der Waals surface area (Å²) in [6.07, 6.45) is 0. The van der Waals surface area contributed by atoms with E-state index >= 15 is 0 Å². The summed E-state index contributed by atoms with van der Waals surface area (Å²) in [6, 6.07) is 13.7. The fourth-order valence-corrected chi connectivity index (χ4v) is 2.39. The van der Waals surface area contributed by atoms with E-state index in [2.05, 4.69) is 0 Å². The first-order valence-electron chi connectivity index (χ1n) is 7.44. The number of carbonyl (C=O) groups excluding carboxylic acids is 2. The molecule has 0 heterocycles. The van der Waals surface area contributed by atoms with Crippen molar-refractivity contribution in [3.05, 3.63) is 64.2 Å². The van der Waals surface area contributed by atoms with Gasteiger partial charge >= 0.3 is 5.97 Å². The second kappa shape index (κ2) is 7.84. The van der Waals surface area contributed by atoms with Crippen LogP contribution in [0.1, 0.15) is 17.3 Å². The Morgan fingerprint density at radius 1 is 1.16 bits per heavy atom. The van der Waals surface area contributed by atoms with Gasteiger partial charge in [0.2, 0.25) is 5.92 Å². The summed E-state index contributed by atoms with van der Waals surface area (Å²) in [7, 11) is 0. The minimum Gasteiger partial charge on any atom is -0.465 e. The van der Waals surface area contributed by atoms with Crippen molar-refractivity contribution in [1.29, 1.82) is 5.26 Å². The van der Waals surface area contributed by atoms with Crippen LogP contribution in [0.5, 0.6) is 0 Å². The number of carbonyl (C=O) groups is 2. The van der Waals surface area contributed by atoms with Gasteiger partial charge in [0.15, 0.2) is 5.78 Å². The zero-order valence-electron chi connectivity index (χ0n) is 13.3. The molecule has 0 bridgehead atoms. The summed E-state index contributed by atoms with van der Waals surface area (Å²) in [4.78, 5) is 35.2. The Morgan fingerprint density at radius 2 is 1.76 bits per heavy atom. The smallest absolute Gasteiger partial charge is 0.331 e. The minimum atomic E-state index is -1.62. The van der Waals surface area contributed by atoms with Crippen molar-refractivity contribution < 1.29 is 19.2 Å². The highest BCUT2D eigenvalue weighted by molar-refractivity contribution is 6.14. The van der Waals surface area contributed by atoms with Gasteiger partial charge in [0, 0.05) is 11.6 Å². The van der Waals surface area contributed by atoms with Gasteiger partial charge in [-0.25, -0.2) is 0 Å². The molecule has 0 unspecified atom stereocenters. The summed E-state index contributed by atoms with van der Waals surface area (Å²) >= 11 is 0. The summed E-state index contributed by atoms with van der Waals surface area (Å²) in [5.41, 5.74) is 0.394. The topological polar surface area (TPSA) is 110 Å². The van der Waals surface area contributed by atoms with E-state index < -0.39 is 22.6 Å². The minimum absolute atomic E-state index is 0.0378. The van der Waals surface area contributed by atoms with E-state index in [9.17, 15) is 25.0 Å². The molecule has 7 nitrogen and oxygen atoms in total. The van der Waals surface area contributed by atoms with Crippen LogP contribution < -0.4 is 0 Å². The molecule has 0 N–H and O–H groups in total. The number of hydrogen-bond donors (Lipinski definition) is 0. The number of ketones is 1. The van der Waals surface area contributed by atoms with Gasteiger partial charge in [-0.15, -0.1) is 0 Å². The summed E-state index contributed by atoms with van der Waals surface area (Å²) < 4.78 is 4.75. The lowest BCUT2D eigenvalue weighted by molar-refractivity contribution is -0.384. The molecular formula is C18H14N2O5. The second-order valence-electron chi connectivity index (χ2n) is 5.00. The molecule has 126 valence electrons. The van der Waals surface area contributed by atoms with Crippen LogP contribution in [0, 0.1) is 27.4 Å². The maximum Gasteiger partial charge on any atom is 0.331 e. The van der Waals surface area contributed by atoms with Gasteiger partial charge in [-0.3, -0.25) is 19.7 Å². The van der Waals surface area contributed by atoms with Crippen molar-refractivity contribution in [2.24, 2.45) is 5.92 Å². The van der Waals surface area contributed by atoms with Gasteiger partial charge in [0.25, 0.3) is 5.69 Å². The SMILES string of the molecule is CCOC(=O)[C@H](C#N)C(=O)c1ccccc1-c1ccccc1[N+](=O)[O-]. The maximum absolute atomic E-state index is 12.7. The number of esters is 1. The largest absolute Gasteiger partial charge is 0.465 e. The fraction of sp³-hybridized carbons (Fsp3) is 0.167. The number of para-hydroxylation sites is 1. The van der Waals surface area contributed by atoms with E-state index in [1.807, 2.05) is 0 Å². The Kier molecular flexibility index (Phi) is 5.58. The molecule has 0 amide bonds. The summed E-state index contributed by atoms with van der Waals surface area (Å²) in [5, 5.41) is 20.4. The third kappa shape index (κ3) is 3.70. The van der Waals surface area contributed by atoms with Crippen LogP contribution in [0.2, 0.25) is 0 Å². The summed E-state index contributed by atoms with van der Waals surface area (Å²) in [6.45, 7) is 1.61. The fourth-order valence-electron chi connectivity index (χ4n) is 2.39. The zero-order chi connectivity index (χ0) is 18.4. The standard InChI is InChI=1S/C18H14N2O5/c1-2-25-18(22)15(11-19)17(21)14-9-4-3-7-12(14)13-8-5-6-10-16(13)20(23)24/h3-10,15H,2H2,1H3/t15-/m1/s1. The lowest BCUT2D eigenvalue weighted by Crippen LogP contribution is -2.25. The molecule has 0 saturated carbocycles. The number of nitro groups is 1. The highest BCUT2D eigenvalue weighted by Crippen LogP contribution is 2.33. The molecule has 2 aromatic rings. The molecule has 0 aromatic heterocycles. The van der Waals surface area contributed by atoms with E-state index in [0.29, 0.717) is 0 Å². The number of nitro benzene ring substituents is 1. The van der Waals surface area contributed by atoms with Crippen LogP contribution in [0.15, 0.2) is 48.5 Å². The van der Waals surface area contributed by atoms with E-state index in [1.165, 1.54) is 30.3 Å². The zero-order valence-corrected chi connectivity index (χ0v) is 13.3. The predicted molar refractivity (Wildman–Crippen MR) is 88.6 cm³/mol. The molecule has 2 aromatic carbocycles. The first-order chi connectivity index (χ1) is 12.0. The molecule has 0 aliphatic rings. The Bertz CT molecular complexity index is 870. The van der Waals surface area contributed by atoms with Crippen molar-refractivity contribution in [3.8, 4) is 17.2 Å². The first kappa shape index (κ1) is 17.8. The van der Waals surface area contributed by atoms with E-state index in [4.69, 9.17) is 4.74 Å². The average Bonchev–Trinajstić information content (AvgIpc) is 2.62. The van der Waals surface area contributed by atoms with Crippen LogP contribution in [0.25, 0.3) is 11.1 Å². The monoisotopic (exact) mass is 338 g/mol. The van der Waals surface area contributed by atoms with Gasteiger partial charge < -0.3 is 4.74 Å². The molecule has 0 radical (unpaired) electrons. The third-order valence-corrected chi connectivity index (χ3v) is 3.50. The van der Waals surface area contributed by atoms with Crippen molar-refractivity contribution in [2.45, 2.75) is 6.92 Å². The molecule has 0 spiro atoms. The van der Waals surface area contributed by atoms with Crippen molar-refractivity contribution in [1.82, 2.24) is 0 Å². The number of nitriles is 1. The van der Waals surface area contributed by atoms with Gasteiger partial charge in [0.05, 0.1) is 23.2 Å². The highest BCUT2D eigenvalue weighted by Gasteiger charge is 2.31. The number of hydrogen-bond acceptors (Lipinski definition) is 6. The lowest BCUT2D eigenvalue weighted by atomic mass is 9.91. The number of benzene rings is 2. The maximum atomic E-state index is 12.7. The Hall–Kier alpha value is -3.53. The molecule has 1 atom stereocenters. The van der Waals surface area contributed by atoms with Crippen LogP contribution in [0.4, 0.5) is 5.69 Å². The van der Waals surface area contributed by atoms with Crippen LogP contribution >= 0.6 is 0 Å². The molecule has 0 aliphatic carbocycles. The third-order valence-electron chi connectivity index (χ3n) is 3.50. The Balaban J connectivity index is 2.56. The Labute approximate surface area is 143 Å². The highest BCUT2D eigenvalue weighted by atomic mass is 16.6. The molecule has 25 heavy (non-hydrogen) atoms. The molecule has 0 aliphatic heterocycles. The Morgan fingerprint density at radius 3 is 2.36 bits per heavy atom. The lowest BCUT2D eigenvalue weighted by Gasteiger charge is -2.12. The quantitative estimate of drug-likeness (QED) is 0.263. The van der Waals surface area contributed by atoms with Crippen LogP contribution in [-0.4, -0.2) is 23.3 Å². The first-order valence-corrected chi connectivity index (χ1v) is 7.44. The summed E-state index contributed by atoms with van der Waals surface area (Å²) in [5.74, 6) is -3.31. The predicted octanol–water partition coefficient (Wildman–Crippen LogP) is 3.15. The van der Waals surface area contributed by atoms with Gasteiger partial charge in [-0.1, -0.05) is 36.4 Å². The molecular weight excluding hydrogens is 324 g/mol. The van der Waals surface area contributed by atoms with Crippen molar-refractivity contribution >= 4 is 17.4 Å². The number of Topliss-reactive ketones (excluding diaryl/α,β-unsaturated/α-hetero) is 1. The van der Waals surface area contributed by atoms with Gasteiger partial charge in [-0.05, 0) is 18.6 Å². The van der Waals surface area contributed by atoms with Gasteiger partial charge in [-0.2, -0.15) is 5.26 Å². The molecule has 2 rings (SSSR count). The molecule has 0 fully saturated rings. The van der Waals surface area contributed by atoms with Crippen LogP contribution in [0.3, 0.4) is 0 Å². The molecule has 7 heteroatoms. The van der Waals surface area contributed by atoms with Crippen molar-refractivity contribution in [3.63, 3.8) is 0 Å². The molecule has 0 saturated heterocycles. The van der Waals surface area contributed by atoms with Crippen molar-refractivity contribution in [2.75, 3.05) is 6.61 Å². The van der Waals surface area contributed by atoms with E-state index in [1.54, 1.807) is 31.2 Å². The van der Waals surface area contributed by atoms with E-state index in [0.717, 1.165) is 0 Å². The average molecular weight is 338 g/mol. The van der Waals surface area contributed by atoms with Crippen LogP contribution in [-0.2, 0) is 9.53 Å². The van der Waals surface area contributed by atoms with Gasteiger partial charge in [0.1, 0.15) is 0 Å². The second-order valence-corrected chi connectivity index (χ2v) is 5.00. The van der Waals surface area contributed by atoms with E-state index in [-0.39, 0.29) is 29.0 Å².